The van der Waals surface area contributed by atoms with Crippen LogP contribution in [0.15, 0.2) is 60.7 Å². The molecular formula is C37H55N3O10. The van der Waals surface area contributed by atoms with Crippen LogP contribution in [0.25, 0.3) is 0 Å². The maximum absolute atomic E-state index is 13.3. The molecule has 0 radical (unpaired) electrons. The molecule has 278 valence electrons. The van der Waals surface area contributed by atoms with E-state index in [-0.39, 0.29) is 19.4 Å². The normalized spacial score (nSPS) is 20.8. The number of hydrogen-bond donors (Lipinski definition) is 3. The molecule has 0 aliphatic carbocycles. The number of aliphatic hydroxyl groups excluding tert-OH is 3. The van der Waals surface area contributed by atoms with E-state index in [4.69, 9.17) is 18.9 Å². The fourth-order valence-corrected chi connectivity index (χ4v) is 5.45. The van der Waals surface area contributed by atoms with Crippen LogP contribution in [0.4, 0.5) is 4.79 Å². The molecule has 1 aliphatic rings. The van der Waals surface area contributed by atoms with Crippen LogP contribution in [-0.2, 0) is 41.6 Å². The standard InChI is InChI=1S/C37H55N3O10/c1-6-13-30(42)48-33-32(44)29(26-41)47-35(45)34(33)49-31(43)18-19-39(25-28-16-11-8-12-17-28)21-23-40(36(46)50-37(2,3)4)22-20-38(5)24-27-14-9-7-10-15-27/h7-12,14-17,29,32-35,41,44-45H,6,13,18-26H2,1-5H3/t29?,32-,33+,34?,35-/m1/s1. The molecule has 1 fully saturated rings. The number of esters is 2. The fraction of sp³-hybridized carbons (Fsp3) is 0.595. The molecule has 2 unspecified atom stereocenters. The third kappa shape index (κ3) is 14.0. The maximum Gasteiger partial charge on any atom is 0.410 e. The Hall–Kier alpha value is -3.59. The van der Waals surface area contributed by atoms with Gasteiger partial charge in [0.25, 0.3) is 0 Å². The molecular weight excluding hydrogens is 646 g/mol. The summed E-state index contributed by atoms with van der Waals surface area (Å²) in [7, 11) is 2.00. The van der Waals surface area contributed by atoms with E-state index in [9.17, 15) is 29.7 Å². The monoisotopic (exact) mass is 701 g/mol. The van der Waals surface area contributed by atoms with Gasteiger partial charge in [-0.15, -0.1) is 0 Å². The number of rotatable bonds is 18. The van der Waals surface area contributed by atoms with E-state index in [1.54, 1.807) is 11.8 Å². The van der Waals surface area contributed by atoms with Crippen molar-refractivity contribution in [1.29, 1.82) is 0 Å². The second-order valence-corrected chi connectivity index (χ2v) is 13.6. The first-order valence-corrected chi connectivity index (χ1v) is 17.3. The number of benzene rings is 2. The molecule has 0 bridgehead atoms. The zero-order valence-corrected chi connectivity index (χ0v) is 30.0. The van der Waals surface area contributed by atoms with E-state index in [0.717, 1.165) is 12.1 Å². The van der Waals surface area contributed by atoms with Crippen molar-refractivity contribution in [2.45, 2.75) is 96.4 Å². The van der Waals surface area contributed by atoms with E-state index in [1.165, 1.54) is 5.56 Å². The summed E-state index contributed by atoms with van der Waals surface area (Å²) < 4.78 is 21.9. The lowest BCUT2D eigenvalue weighted by Crippen LogP contribution is -2.61. The summed E-state index contributed by atoms with van der Waals surface area (Å²) in [5.74, 6) is -1.35. The summed E-state index contributed by atoms with van der Waals surface area (Å²) in [6.45, 7) is 9.82. The van der Waals surface area contributed by atoms with Gasteiger partial charge >= 0.3 is 18.0 Å². The van der Waals surface area contributed by atoms with Crippen molar-refractivity contribution in [3.8, 4) is 0 Å². The molecule has 5 atom stereocenters. The van der Waals surface area contributed by atoms with Crippen LogP contribution in [-0.4, -0.2) is 131 Å². The van der Waals surface area contributed by atoms with Gasteiger partial charge in [-0.1, -0.05) is 67.6 Å². The first-order valence-electron chi connectivity index (χ1n) is 17.3. The van der Waals surface area contributed by atoms with Crippen LogP contribution < -0.4 is 0 Å². The number of aliphatic hydroxyl groups is 3. The second-order valence-electron chi connectivity index (χ2n) is 13.6. The van der Waals surface area contributed by atoms with E-state index >= 15 is 0 Å². The summed E-state index contributed by atoms with van der Waals surface area (Å²) in [6.07, 6.45) is -7.42. The fourth-order valence-electron chi connectivity index (χ4n) is 5.45. The first-order chi connectivity index (χ1) is 23.8. The third-order valence-corrected chi connectivity index (χ3v) is 8.07. The Labute approximate surface area is 295 Å². The van der Waals surface area contributed by atoms with Gasteiger partial charge < -0.3 is 44.1 Å². The number of carbonyl (C=O) groups is 3. The lowest BCUT2D eigenvalue weighted by molar-refractivity contribution is -0.293. The van der Waals surface area contributed by atoms with Gasteiger partial charge in [0.1, 0.15) is 17.8 Å². The molecule has 2 aromatic carbocycles. The Morgan fingerprint density at radius 3 is 1.92 bits per heavy atom. The SMILES string of the molecule is CCCC(=O)O[C@@H]1C(OC(=O)CCN(CCN(CCN(C)Cc2ccccc2)C(=O)OC(C)(C)C)Cc2ccccc2)[C@H](O)OC(CO)[C@H]1O. The van der Waals surface area contributed by atoms with E-state index < -0.39 is 60.9 Å². The highest BCUT2D eigenvalue weighted by Gasteiger charge is 2.49. The van der Waals surface area contributed by atoms with Crippen LogP contribution >= 0.6 is 0 Å². The number of amides is 1. The van der Waals surface area contributed by atoms with Crippen molar-refractivity contribution in [3.63, 3.8) is 0 Å². The summed E-state index contributed by atoms with van der Waals surface area (Å²) in [5.41, 5.74) is 1.49. The smallest absolute Gasteiger partial charge is 0.410 e. The average Bonchev–Trinajstić information content (AvgIpc) is 3.06. The van der Waals surface area contributed by atoms with Crippen LogP contribution in [0.1, 0.15) is 58.1 Å². The molecule has 3 N–H and O–H groups in total. The van der Waals surface area contributed by atoms with Crippen LogP contribution in [0.5, 0.6) is 0 Å². The molecule has 0 aromatic heterocycles. The lowest BCUT2D eigenvalue weighted by Gasteiger charge is -2.41. The zero-order valence-electron chi connectivity index (χ0n) is 30.0. The molecule has 1 amide bonds. The maximum atomic E-state index is 13.3. The molecule has 2 aromatic rings. The Kier molecular flexibility index (Phi) is 16.6. The highest BCUT2D eigenvalue weighted by atomic mass is 16.7. The third-order valence-electron chi connectivity index (χ3n) is 8.07. The van der Waals surface area contributed by atoms with Crippen molar-refractivity contribution in [3.05, 3.63) is 71.8 Å². The van der Waals surface area contributed by atoms with Gasteiger partial charge in [0.15, 0.2) is 18.5 Å². The predicted molar refractivity (Wildman–Crippen MR) is 186 cm³/mol. The van der Waals surface area contributed by atoms with Gasteiger partial charge in [-0.3, -0.25) is 14.5 Å². The van der Waals surface area contributed by atoms with E-state index in [1.807, 2.05) is 81.2 Å². The molecule has 1 saturated heterocycles. The number of nitrogens with zero attached hydrogens (tertiary/aromatic N) is 3. The molecule has 1 heterocycles. The highest BCUT2D eigenvalue weighted by Crippen LogP contribution is 2.26. The molecule has 3 rings (SSSR count). The lowest BCUT2D eigenvalue weighted by atomic mass is 9.98. The Balaban J connectivity index is 1.69. The Morgan fingerprint density at radius 1 is 0.780 bits per heavy atom. The second kappa shape index (κ2) is 20.3. The minimum atomic E-state index is -1.73. The number of hydrogen-bond acceptors (Lipinski definition) is 12. The molecule has 0 spiro atoms. The van der Waals surface area contributed by atoms with Crippen LogP contribution in [0, 0.1) is 0 Å². The Bertz CT molecular complexity index is 1310. The van der Waals surface area contributed by atoms with Crippen molar-refractivity contribution in [2.75, 3.05) is 46.4 Å². The van der Waals surface area contributed by atoms with E-state index in [2.05, 4.69) is 17.0 Å². The van der Waals surface area contributed by atoms with Crippen molar-refractivity contribution in [2.24, 2.45) is 0 Å². The minimum absolute atomic E-state index is 0.0582. The first kappa shape index (κ1) is 40.8. The summed E-state index contributed by atoms with van der Waals surface area (Å²) in [5, 5.41) is 30.9. The van der Waals surface area contributed by atoms with Gasteiger partial charge in [-0.05, 0) is 45.4 Å². The van der Waals surface area contributed by atoms with Crippen LogP contribution in [0.3, 0.4) is 0 Å². The average molecular weight is 702 g/mol. The van der Waals surface area contributed by atoms with Crippen molar-refractivity contribution in [1.82, 2.24) is 14.7 Å². The van der Waals surface area contributed by atoms with Crippen LogP contribution in [0.2, 0.25) is 0 Å². The Morgan fingerprint density at radius 2 is 1.34 bits per heavy atom. The molecule has 0 saturated carbocycles. The van der Waals surface area contributed by atoms with Gasteiger partial charge in [0.05, 0.1) is 13.0 Å². The summed E-state index contributed by atoms with van der Waals surface area (Å²) >= 11 is 0. The number of ether oxygens (including phenoxy) is 4. The summed E-state index contributed by atoms with van der Waals surface area (Å²) in [6, 6.07) is 19.8. The van der Waals surface area contributed by atoms with Gasteiger partial charge in [-0.2, -0.15) is 0 Å². The topological polar surface area (TPSA) is 159 Å². The van der Waals surface area contributed by atoms with Crippen molar-refractivity contribution < 1.29 is 48.7 Å². The number of carbonyl (C=O) groups excluding carboxylic acids is 3. The molecule has 13 heteroatoms. The highest BCUT2D eigenvalue weighted by molar-refractivity contribution is 5.71. The van der Waals surface area contributed by atoms with Gasteiger partial charge in [0, 0.05) is 52.2 Å². The molecule has 1 aliphatic heterocycles. The van der Waals surface area contributed by atoms with Gasteiger partial charge in [-0.25, -0.2) is 4.79 Å². The zero-order chi connectivity index (χ0) is 36.7. The number of likely N-dealkylation sites (N-methyl/N-ethyl adjacent to an activating group) is 1. The minimum Gasteiger partial charge on any atom is -0.455 e. The predicted octanol–water partition coefficient (Wildman–Crippen LogP) is 2.94. The van der Waals surface area contributed by atoms with E-state index in [0.29, 0.717) is 39.1 Å². The molecule has 13 nitrogen and oxygen atoms in total. The molecule has 50 heavy (non-hydrogen) atoms. The largest absolute Gasteiger partial charge is 0.455 e. The van der Waals surface area contributed by atoms with Gasteiger partial charge in [0.2, 0.25) is 0 Å². The summed E-state index contributed by atoms with van der Waals surface area (Å²) in [4.78, 5) is 44.6. The quantitative estimate of drug-likeness (QED) is 0.154. The van der Waals surface area contributed by atoms with Crippen molar-refractivity contribution >= 4 is 18.0 Å².